The van der Waals surface area contributed by atoms with Gasteiger partial charge in [0.25, 0.3) is 5.91 Å². The lowest BCUT2D eigenvalue weighted by molar-refractivity contribution is 0.102. The van der Waals surface area contributed by atoms with Crippen LogP contribution < -0.4 is 10.1 Å². The summed E-state index contributed by atoms with van der Waals surface area (Å²) in [6.07, 6.45) is 1.51. The predicted molar refractivity (Wildman–Crippen MR) is 109 cm³/mol. The van der Waals surface area contributed by atoms with E-state index in [1.165, 1.54) is 23.9 Å². The quantitative estimate of drug-likeness (QED) is 0.544. The van der Waals surface area contributed by atoms with E-state index in [-0.39, 0.29) is 10.6 Å². The highest BCUT2D eigenvalue weighted by Crippen LogP contribution is 2.29. The third-order valence-electron chi connectivity index (χ3n) is 4.26. The smallest absolute Gasteiger partial charge is 0.259 e. The van der Waals surface area contributed by atoms with Gasteiger partial charge in [0.2, 0.25) is 0 Å². The molecule has 0 spiro atoms. The number of aromatic nitrogens is 1. The fourth-order valence-corrected chi connectivity index (χ4v) is 2.74. The Bertz CT molecular complexity index is 1000. The summed E-state index contributed by atoms with van der Waals surface area (Å²) in [5.74, 6) is 0.695. The number of hydrogen-bond donors (Lipinski definition) is 1. The SMILES string of the molecule is Cc1ccc(C(C)C)cc1Oc1ccc(NC(=O)c2ccc(Cl)cc2F)nc1. The molecule has 0 aliphatic heterocycles. The first-order valence-corrected chi connectivity index (χ1v) is 9.22. The number of hydrogen-bond acceptors (Lipinski definition) is 3. The first-order chi connectivity index (χ1) is 13.3. The molecule has 1 N–H and O–H groups in total. The molecule has 0 aliphatic carbocycles. The van der Waals surface area contributed by atoms with Crippen LogP contribution in [0.1, 0.15) is 41.3 Å². The Morgan fingerprint density at radius 2 is 1.93 bits per heavy atom. The Morgan fingerprint density at radius 3 is 2.57 bits per heavy atom. The van der Waals surface area contributed by atoms with Crippen LogP contribution in [-0.2, 0) is 0 Å². The maximum atomic E-state index is 13.9. The highest BCUT2D eigenvalue weighted by Gasteiger charge is 2.13. The van der Waals surface area contributed by atoms with Gasteiger partial charge in [-0.2, -0.15) is 0 Å². The van der Waals surface area contributed by atoms with Gasteiger partial charge in [0.05, 0.1) is 11.8 Å². The molecule has 6 heteroatoms. The number of amides is 1. The third kappa shape index (κ3) is 4.67. The molecule has 0 fully saturated rings. The van der Waals surface area contributed by atoms with Crippen LogP contribution in [0.25, 0.3) is 0 Å². The molecule has 4 nitrogen and oxygen atoms in total. The third-order valence-corrected chi connectivity index (χ3v) is 4.50. The van der Waals surface area contributed by atoms with E-state index in [1.54, 1.807) is 12.1 Å². The highest BCUT2D eigenvalue weighted by atomic mass is 35.5. The standard InChI is InChI=1S/C22H20ClFN2O2/c1-13(2)15-5-4-14(3)20(10-15)28-17-7-9-21(25-12-17)26-22(27)18-8-6-16(23)11-19(18)24/h4-13H,1-3H3,(H,25,26,27). The lowest BCUT2D eigenvalue weighted by atomic mass is 10.0. The lowest BCUT2D eigenvalue weighted by Gasteiger charge is -2.13. The zero-order chi connectivity index (χ0) is 20.3. The summed E-state index contributed by atoms with van der Waals surface area (Å²) < 4.78 is 19.8. The summed E-state index contributed by atoms with van der Waals surface area (Å²) in [5, 5.41) is 2.78. The van der Waals surface area contributed by atoms with Crippen molar-refractivity contribution in [1.82, 2.24) is 4.98 Å². The number of carbonyl (C=O) groups is 1. The van der Waals surface area contributed by atoms with E-state index in [4.69, 9.17) is 16.3 Å². The second kappa shape index (κ2) is 8.40. The highest BCUT2D eigenvalue weighted by molar-refractivity contribution is 6.30. The number of anilines is 1. The van der Waals surface area contributed by atoms with Crippen LogP contribution in [0, 0.1) is 12.7 Å². The van der Waals surface area contributed by atoms with Crippen molar-refractivity contribution in [3.63, 3.8) is 0 Å². The van der Waals surface area contributed by atoms with Gasteiger partial charge in [-0.05, 0) is 60.4 Å². The van der Waals surface area contributed by atoms with Gasteiger partial charge in [0, 0.05) is 5.02 Å². The van der Waals surface area contributed by atoms with Crippen molar-refractivity contribution in [3.8, 4) is 11.5 Å². The lowest BCUT2D eigenvalue weighted by Crippen LogP contribution is -2.14. The molecule has 0 atom stereocenters. The fraction of sp³-hybridized carbons (Fsp3) is 0.182. The number of nitrogens with zero attached hydrogens (tertiary/aromatic N) is 1. The summed E-state index contributed by atoms with van der Waals surface area (Å²) >= 11 is 5.71. The monoisotopic (exact) mass is 398 g/mol. The van der Waals surface area contributed by atoms with Gasteiger partial charge >= 0.3 is 0 Å². The minimum Gasteiger partial charge on any atom is -0.455 e. The molecule has 1 heterocycles. The number of pyridine rings is 1. The molecule has 1 amide bonds. The van der Waals surface area contributed by atoms with Crippen LogP contribution in [0.5, 0.6) is 11.5 Å². The van der Waals surface area contributed by atoms with Crippen LogP contribution in [0.2, 0.25) is 5.02 Å². The average molecular weight is 399 g/mol. The summed E-state index contributed by atoms with van der Waals surface area (Å²) in [4.78, 5) is 16.4. The molecular formula is C22H20ClFN2O2. The molecule has 0 radical (unpaired) electrons. The first-order valence-electron chi connectivity index (χ1n) is 8.84. The number of rotatable bonds is 5. The fourth-order valence-electron chi connectivity index (χ4n) is 2.58. The summed E-state index contributed by atoms with van der Waals surface area (Å²) in [6, 6.07) is 13.3. The predicted octanol–water partition coefficient (Wildman–Crippen LogP) is 6.35. The van der Waals surface area contributed by atoms with Gasteiger partial charge in [-0.15, -0.1) is 0 Å². The van der Waals surface area contributed by atoms with E-state index in [9.17, 15) is 9.18 Å². The molecule has 0 unspecified atom stereocenters. The molecule has 2 aromatic carbocycles. The summed E-state index contributed by atoms with van der Waals surface area (Å²) in [5.41, 5.74) is 2.09. The summed E-state index contributed by atoms with van der Waals surface area (Å²) in [6.45, 7) is 6.22. The van der Waals surface area contributed by atoms with Crippen molar-refractivity contribution < 1.29 is 13.9 Å². The van der Waals surface area contributed by atoms with Gasteiger partial charge in [-0.1, -0.05) is 37.6 Å². The van der Waals surface area contributed by atoms with E-state index >= 15 is 0 Å². The van der Waals surface area contributed by atoms with Gasteiger partial charge in [0.1, 0.15) is 23.1 Å². The van der Waals surface area contributed by atoms with Crippen molar-refractivity contribution in [2.45, 2.75) is 26.7 Å². The van der Waals surface area contributed by atoms with Crippen molar-refractivity contribution in [2.75, 3.05) is 5.32 Å². The molecule has 0 saturated carbocycles. The number of ether oxygens (including phenoxy) is 1. The second-order valence-corrected chi connectivity index (χ2v) is 7.18. The molecule has 3 rings (SSSR count). The molecule has 0 bridgehead atoms. The number of halogens is 2. The molecular weight excluding hydrogens is 379 g/mol. The molecule has 3 aromatic rings. The Balaban J connectivity index is 1.72. The van der Waals surface area contributed by atoms with Crippen molar-refractivity contribution in [3.05, 3.63) is 82.3 Å². The van der Waals surface area contributed by atoms with E-state index in [0.717, 1.165) is 17.4 Å². The maximum Gasteiger partial charge on any atom is 0.259 e. The van der Waals surface area contributed by atoms with E-state index in [2.05, 4.69) is 30.2 Å². The minimum atomic E-state index is -0.689. The molecule has 0 saturated heterocycles. The van der Waals surface area contributed by atoms with Crippen LogP contribution in [0.4, 0.5) is 10.2 Å². The molecule has 28 heavy (non-hydrogen) atoms. The van der Waals surface area contributed by atoms with Gasteiger partial charge in [0.15, 0.2) is 0 Å². The van der Waals surface area contributed by atoms with Gasteiger partial charge < -0.3 is 10.1 Å². The van der Waals surface area contributed by atoms with Crippen LogP contribution in [0.15, 0.2) is 54.7 Å². The Labute approximate surface area is 168 Å². The number of aryl methyl sites for hydroxylation is 1. The first kappa shape index (κ1) is 19.8. The average Bonchev–Trinajstić information content (AvgIpc) is 2.64. The molecule has 0 aliphatic rings. The Kier molecular flexibility index (Phi) is 5.95. The zero-order valence-electron chi connectivity index (χ0n) is 15.8. The Morgan fingerprint density at radius 1 is 1.14 bits per heavy atom. The number of benzene rings is 2. The van der Waals surface area contributed by atoms with Gasteiger partial charge in [-0.25, -0.2) is 9.37 Å². The van der Waals surface area contributed by atoms with Crippen LogP contribution >= 0.6 is 11.6 Å². The minimum absolute atomic E-state index is 0.104. The van der Waals surface area contributed by atoms with E-state index in [0.29, 0.717) is 17.5 Å². The number of carbonyl (C=O) groups excluding carboxylic acids is 1. The van der Waals surface area contributed by atoms with Crippen molar-refractivity contribution in [1.29, 1.82) is 0 Å². The van der Waals surface area contributed by atoms with Crippen LogP contribution in [-0.4, -0.2) is 10.9 Å². The van der Waals surface area contributed by atoms with Crippen molar-refractivity contribution >= 4 is 23.3 Å². The second-order valence-electron chi connectivity index (χ2n) is 6.74. The number of nitrogens with one attached hydrogen (secondary N) is 1. The molecule has 144 valence electrons. The summed E-state index contributed by atoms with van der Waals surface area (Å²) in [7, 11) is 0. The van der Waals surface area contributed by atoms with Crippen molar-refractivity contribution in [2.24, 2.45) is 0 Å². The normalized spacial score (nSPS) is 10.8. The molecule has 1 aromatic heterocycles. The maximum absolute atomic E-state index is 13.9. The van der Waals surface area contributed by atoms with Crippen LogP contribution in [0.3, 0.4) is 0 Å². The van der Waals surface area contributed by atoms with Gasteiger partial charge in [-0.3, -0.25) is 4.79 Å². The topological polar surface area (TPSA) is 51.2 Å². The largest absolute Gasteiger partial charge is 0.455 e. The zero-order valence-corrected chi connectivity index (χ0v) is 16.5. The van der Waals surface area contributed by atoms with E-state index < -0.39 is 11.7 Å². The van der Waals surface area contributed by atoms with E-state index in [1.807, 2.05) is 19.1 Å². The Hall–Kier alpha value is -2.92.